The van der Waals surface area contributed by atoms with Crippen molar-refractivity contribution >= 4 is 11.9 Å². The first kappa shape index (κ1) is 21.3. The number of nitrogens with zero attached hydrogens (tertiary/aromatic N) is 2. The molecule has 6 nitrogen and oxygen atoms in total. The summed E-state index contributed by atoms with van der Waals surface area (Å²) >= 11 is 0. The number of aliphatic imine (C=N–C) groups is 1. The van der Waals surface area contributed by atoms with Gasteiger partial charge in [0.1, 0.15) is 12.4 Å². The Bertz CT molecular complexity index is 768. The van der Waals surface area contributed by atoms with E-state index >= 15 is 0 Å². The zero-order valence-electron chi connectivity index (χ0n) is 17.2. The van der Waals surface area contributed by atoms with Crippen molar-refractivity contribution in [2.75, 3.05) is 33.8 Å². The number of nitrogens with one attached hydrogen (secondary N) is 2. The van der Waals surface area contributed by atoms with Gasteiger partial charge in [-0.3, -0.25) is 4.79 Å². The van der Waals surface area contributed by atoms with Crippen LogP contribution in [0.15, 0.2) is 53.5 Å². The largest absolute Gasteiger partial charge is 0.492 e. The number of rotatable bonds is 8. The van der Waals surface area contributed by atoms with Gasteiger partial charge < -0.3 is 20.3 Å². The van der Waals surface area contributed by atoms with Crippen molar-refractivity contribution in [3.63, 3.8) is 0 Å². The summed E-state index contributed by atoms with van der Waals surface area (Å²) in [5, 5.41) is 6.50. The molecule has 28 heavy (non-hydrogen) atoms. The fourth-order valence-corrected chi connectivity index (χ4v) is 2.50. The van der Waals surface area contributed by atoms with Gasteiger partial charge in [-0.05, 0) is 43.7 Å². The smallest absolute Gasteiger partial charge is 0.253 e. The van der Waals surface area contributed by atoms with E-state index in [2.05, 4.69) is 22.5 Å². The minimum Gasteiger partial charge on any atom is -0.492 e. The molecule has 0 unspecified atom stereocenters. The number of hydrogen-bond acceptors (Lipinski definition) is 3. The maximum absolute atomic E-state index is 11.9. The van der Waals surface area contributed by atoms with E-state index in [0.29, 0.717) is 25.3 Å². The van der Waals surface area contributed by atoms with E-state index in [4.69, 9.17) is 4.74 Å². The normalized spacial score (nSPS) is 11.1. The summed E-state index contributed by atoms with van der Waals surface area (Å²) in [6.07, 6.45) is 0. The van der Waals surface area contributed by atoms with Crippen LogP contribution in [0.25, 0.3) is 0 Å². The lowest BCUT2D eigenvalue weighted by molar-refractivity contribution is 0.0827. The highest BCUT2D eigenvalue weighted by Crippen LogP contribution is 2.11. The first-order valence-electron chi connectivity index (χ1n) is 9.52. The van der Waals surface area contributed by atoms with Gasteiger partial charge in [0.25, 0.3) is 5.91 Å². The number of amides is 1. The summed E-state index contributed by atoms with van der Waals surface area (Å²) in [5.41, 5.74) is 2.94. The SMILES string of the molecule is CCNC(=NCc1ccc(C(=O)N(C)C)cc1)NCCOc1ccc(C)cc1. The van der Waals surface area contributed by atoms with E-state index in [-0.39, 0.29) is 5.91 Å². The van der Waals surface area contributed by atoms with Crippen molar-refractivity contribution < 1.29 is 9.53 Å². The molecule has 0 atom stereocenters. The van der Waals surface area contributed by atoms with Gasteiger partial charge in [-0.15, -0.1) is 0 Å². The first-order chi connectivity index (χ1) is 13.5. The molecule has 2 aromatic rings. The fourth-order valence-electron chi connectivity index (χ4n) is 2.50. The molecule has 0 aliphatic heterocycles. The van der Waals surface area contributed by atoms with Crippen LogP contribution in [0.5, 0.6) is 5.75 Å². The summed E-state index contributed by atoms with van der Waals surface area (Å²) in [4.78, 5) is 18.1. The van der Waals surface area contributed by atoms with E-state index in [1.807, 2.05) is 55.5 Å². The van der Waals surface area contributed by atoms with E-state index < -0.39 is 0 Å². The standard InChI is InChI=1S/C22H30N4O2/c1-5-23-22(24-14-15-28-20-12-6-17(2)7-13-20)25-16-18-8-10-19(11-9-18)21(27)26(3)4/h6-13H,5,14-16H2,1-4H3,(H2,23,24,25). The Morgan fingerprint density at radius 3 is 2.32 bits per heavy atom. The van der Waals surface area contributed by atoms with Crippen LogP contribution < -0.4 is 15.4 Å². The van der Waals surface area contributed by atoms with Gasteiger partial charge in [0.2, 0.25) is 0 Å². The van der Waals surface area contributed by atoms with Crippen molar-refractivity contribution in [3.8, 4) is 5.75 Å². The molecule has 0 aliphatic rings. The summed E-state index contributed by atoms with van der Waals surface area (Å²) in [6, 6.07) is 15.6. The summed E-state index contributed by atoms with van der Waals surface area (Å²) in [7, 11) is 3.49. The summed E-state index contributed by atoms with van der Waals surface area (Å²) in [5.74, 6) is 1.60. The van der Waals surface area contributed by atoms with E-state index in [1.165, 1.54) is 5.56 Å². The van der Waals surface area contributed by atoms with Crippen LogP contribution >= 0.6 is 0 Å². The molecule has 0 fully saturated rings. The molecule has 0 saturated carbocycles. The third-order valence-corrected chi connectivity index (χ3v) is 4.06. The van der Waals surface area contributed by atoms with Gasteiger partial charge in [0.05, 0.1) is 13.1 Å². The second-order valence-electron chi connectivity index (χ2n) is 6.68. The predicted octanol–water partition coefficient (Wildman–Crippen LogP) is 2.83. The highest BCUT2D eigenvalue weighted by atomic mass is 16.5. The Morgan fingerprint density at radius 2 is 1.71 bits per heavy atom. The molecule has 0 bridgehead atoms. The van der Waals surface area contributed by atoms with Crippen LogP contribution in [0.1, 0.15) is 28.4 Å². The minimum atomic E-state index is -0.00127. The lowest BCUT2D eigenvalue weighted by Crippen LogP contribution is -2.39. The molecule has 0 aromatic heterocycles. The summed E-state index contributed by atoms with van der Waals surface area (Å²) < 4.78 is 5.73. The molecule has 2 rings (SSSR count). The number of ether oxygens (including phenoxy) is 1. The predicted molar refractivity (Wildman–Crippen MR) is 114 cm³/mol. The quantitative estimate of drug-likeness (QED) is 0.419. The van der Waals surface area contributed by atoms with Crippen LogP contribution in [-0.2, 0) is 6.54 Å². The Labute approximate surface area is 167 Å². The van der Waals surface area contributed by atoms with E-state index in [9.17, 15) is 4.79 Å². The minimum absolute atomic E-state index is 0.00127. The number of benzene rings is 2. The molecule has 0 radical (unpaired) electrons. The highest BCUT2D eigenvalue weighted by molar-refractivity contribution is 5.93. The third-order valence-electron chi connectivity index (χ3n) is 4.06. The van der Waals surface area contributed by atoms with Gasteiger partial charge in [-0.2, -0.15) is 0 Å². The second kappa shape index (κ2) is 11.0. The number of hydrogen-bond donors (Lipinski definition) is 2. The van der Waals surface area contributed by atoms with Crippen LogP contribution in [0.2, 0.25) is 0 Å². The molecule has 0 spiro atoms. The lowest BCUT2D eigenvalue weighted by Gasteiger charge is -2.12. The van der Waals surface area contributed by atoms with Gasteiger partial charge >= 0.3 is 0 Å². The lowest BCUT2D eigenvalue weighted by atomic mass is 10.1. The molecule has 6 heteroatoms. The van der Waals surface area contributed by atoms with Gasteiger partial charge in [-0.1, -0.05) is 29.8 Å². The molecule has 0 aliphatic carbocycles. The Hall–Kier alpha value is -3.02. The zero-order valence-corrected chi connectivity index (χ0v) is 17.2. The van der Waals surface area contributed by atoms with Crippen LogP contribution in [0.3, 0.4) is 0 Å². The van der Waals surface area contributed by atoms with Gasteiger partial charge in [0, 0.05) is 26.2 Å². The molecular formula is C22H30N4O2. The third kappa shape index (κ3) is 6.95. The van der Waals surface area contributed by atoms with Crippen LogP contribution in [0, 0.1) is 6.92 Å². The number of carbonyl (C=O) groups is 1. The zero-order chi connectivity index (χ0) is 20.4. The Morgan fingerprint density at radius 1 is 1.04 bits per heavy atom. The van der Waals surface area contributed by atoms with Gasteiger partial charge in [0.15, 0.2) is 5.96 Å². The van der Waals surface area contributed by atoms with Crippen LogP contribution in [0.4, 0.5) is 0 Å². The Balaban J connectivity index is 1.84. The molecular weight excluding hydrogens is 352 g/mol. The number of aryl methyl sites for hydroxylation is 1. The van der Waals surface area contributed by atoms with Crippen LogP contribution in [-0.4, -0.2) is 50.6 Å². The average Bonchev–Trinajstić information content (AvgIpc) is 2.70. The van der Waals surface area contributed by atoms with Crippen molar-refractivity contribution in [1.82, 2.24) is 15.5 Å². The van der Waals surface area contributed by atoms with Gasteiger partial charge in [-0.25, -0.2) is 4.99 Å². The molecule has 2 N–H and O–H groups in total. The number of guanidine groups is 1. The summed E-state index contributed by atoms with van der Waals surface area (Å²) in [6.45, 7) is 6.59. The van der Waals surface area contributed by atoms with Crippen molar-refractivity contribution in [2.24, 2.45) is 4.99 Å². The van der Waals surface area contributed by atoms with Crippen molar-refractivity contribution in [1.29, 1.82) is 0 Å². The maximum atomic E-state index is 11.9. The molecule has 1 amide bonds. The molecule has 0 saturated heterocycles. The molecule has 150 valence electrons. The fraction of sp³-hybridized carbons (Fsp3) is 0.364. The topological polar surface area (TPSA) is 66.0 Å². The number of carbonyl (C=O) groups excluding carboxylic acids is 1. The Kier molecular flexibility index (Phi) is 8.34. The first-order valence-corrected chi connectivity index (χ1v) is 9.52. The van der Waals surface area contributed by atoms with E-state index in [0.717, 1.165) is 23.8 Å². The monoisotopic (exact) mass is 382 g/mol. The van der Waals surface area contributed by atoms with Crippen molar-refractivity contribution in [3.05, 3.63) is 65.2 Å². The highest BCUT2D eigenvalue weighted by Gasteiger charge is 2.07. The van der Waals surface area contributed by atoms with Crippen molar-refractivity contribution in [2.45, 2.75) is 20.4 Å². The van der Waals surface area contributed by atoms with E-state index in [1.54, 1.807) is 19.0 Å². The molecule has 0 heterocycles. The average molecular weight is 383 g/mol. The molecule has 2 aromatic carbocycles. The maximum Gasteiger partial charge on any atom is 0.253 e. The second-order valence-corrected chi connectivity index (χ2v) is 6.68.